The predicted octanol–water partition coefficient (Wildman–Crippen LogP) is 3.59. The van der Waals surface area contributed by atoms with Crippen LogP contribution in [0.2, 0.25) is 10.0 Å². The first-order valence-corrected chi connectivity index (χ1v) is 6.76. The highest BCUT2D eigenvalue weighted by Crippen LogP contribution is 2.31. The average Bonchev–Trinajstić information content (AvgIpc) is 2.75. The van der Waals surface area contributed by atoms with E-state index < -0.39 is 0 Å². The van der Waals surface area contributed by atoms with E-state index >= 15 is 0 Å². The van der Waals surface area contributed by atoms with Crippen molar-refractivity contribution in [3.8, 4) is 0 Å². The first kappa shape index (κ1) is 13.5. The number of halogens is 2. The third-order valence-electron chi connectivity index (χ3n) is 3.20. The van der Waals surface area contributed by atoms with E-state index in [1.807, 2.05) is 18.2 Å². The summed E-state index contributed by atoms with van der Waals surface area (Å²) >= 11 is 12.0. The summed E-state index contributed by atoms with van der Waals surface area (Å²) in [7, 11) is 0. The number of nitrogens with two attached hydrogens (primary N) is 1. The highest BCUT2D eigenvalue weighted by Gasteiger charge is 2.22. The van der Waals surface area contributed by atoms with Gasteiger partial charge in [-0.25, -0.2) is 4.99 Å². The van der Waals surface area contributed by atoms with Crippen molar-refractivity contribution in [2.45, 2.75) is 31.7 Å². The Hall–Kier alpha value is -0.930. The smallest absolute Gasteiger partial charge is 0.282 e. The standard InChI is InChI=1S/C13H16Cl2N2O/c1-2-8(5-10-7-18-13(16)17-10)9-3-4-11(14)12(15)6-9/h3-4,6,8,10H,2,5,7H2,1H3,(H2,16,17). The van der Waals surface area contributed by atoms with E-state index in [1.54, 1.807) is 0 Å². The van der Waals surface area contributed by atoms with Crippen LogP contribution in [0.25, 0.3) is 0 Å². The van der Waals surface area contributed by atoms with Gasteiger partial charge in [0, 0.05) is 0 Å². The van der Waals surface area contributed by atoms with Crippen LogP contribution in [0.1, 0.15) is 31.2 Å². The SMILES string of the molecule is CCC(CC1COC(N)=N1)c1ccc(Cl)c(Cl)c1. The van der Waals surface area contributed by atoms with E-state index in [0.717, 1.165) is 12.8 Å². The van der Waals surface area contributed by atoms with Crippen LogP contribution < -0.4 is 5.73 Å². The topological polar surface area (TPSA) is 47.6 Å². The van der Waals surface area contributed by atoms with E-state index in [1.165, 1.54) is 5.56 Å². The summed E-state index contributed by atoms with van der Waals surface area (Å²) in [5, 5.41) is 1.18. The molecule has 1 aromatic rings. The highest BCUT2D eigenvalue weighted by molar-refractivity contribution is 6.42. The van der Waals surface area contributed by atoms with Crippen molar-refractivity contribution < 1.29 is 4.74 Å². The molecule has 5 heteroatoms. The number of rotatable bonds is 4. The number of aliphatic imine (C=N–C) groups is 1. The van der Waals surface area contributed by atoms with Crippen LogP contribution >= 0.6 is 23.2 Å². The fourth-order valence-electron chi connectivity index (χ4n) is 2.19. The van der Waals surface area contributed by atoms with E-state index in [9.17, 15) is 0 Å². The number of ether oxygens (including phenoxy) is 1. The molecule has 2 rings (SSSR count). The molecule has 1 heterocycles. The normalized spacial score (nSPS) is 20.4. The fourth-order valence-corrected chi connectivity index (χ4v) is 2.50. The van der Waals surface area contributed by atoms with Crippen molar-refractivity contribution in [2.75, 3.05) is 6.61 Å². The van der Waals surface area contributed by atoms with Gasteiger partial charge in [-0.3, -0.25) is 0 Å². The summed E-state index contributed by atoms with van der Waals surface area (Å²) in [6, 6.07) is 6.23. The summed E-state index contributed by atoms with van der Waals surface area (Å²) < 4.78 is 5.17. The van der Waals surface area contributed by atoms with Crippen LogP contribution in [0.4, 0.5) is 0 Å². The van der Waals surface area contributed by atoms with E-state index in [2.05, 4.69) is 11.9 Å². The quantitative estimate of drug-likeness (QED) is 0.919. The zero-order valence-corrected chi connectivity index (χ0v) is 11.7. The van der Waals surface area contributed by atoms with Gasteiger partial charge in [0.15, 0.2) is 0 Å². The summed E-state index contributed by atoms with van der Waals surface area (Å²) in [4.78, 5) is 4.25. The summed E-state index contributed by atoms with van der Waals surface area (Å²) in [6.07, 6.45) is 1.93. The molecule has 1 aromatic carbocycles. The molecule has 0 bridgehead atoms. The molecule has 0 saturated carbocycles. The Kier molecular flexibility index (Phi) is 4.36. The van der Waals surface area contributed by atoms with Crippen LogP contribution in [-0.2, 0) is 4.74 Å². The Balaban J connectivity index is 2.10. The van der Waals surface area contributed by atoms with Gasteiger partial charge in [0.05, 0.1) is 16.1 Å². The number of benzene rings is 1. The Morgan fingerprint density at radius 2 is 2.22 bits per heavy atom. The largest absolute Gasteiger partial charge is 0.463 e. The number of nitrogens with zero attached hydrogens (tertiary/aromatic N) is 1. The molecule has 1 aliphatic heterocycles. The maximum absolute atomic E-state index is 6.05. The molecule has 0 radical (unpaired) electrons. The molecule has 0 amide bonds. The Morgan fingerprint density at radius 3 is 2.78 bits per heavy atom. The van der Waals surface area contributed by atoms with Gasteiger partial charge in [-0.2, -0.15) is 0 Å². The fraction of sp³-hybridized carbons (Fsp3) is 0.462. The number of amidine groups is 1. The van der Waals surface area contributed by atoms with E-state index in [-0.39, 0.29) is 6.04 Å². The van der Waals surface area contributed by atoms with Crippen LogP contribution in [0, 0.1) is 0 Å². The Labute approximate surface area is 117 Å². The molecule has 3 nitrogen and oxygen atoms in total. The van der Waals surface area contributed by atoms with Crippen LogP contribution in [0.15, 0.2) is 23.2 Å². The molecule has 0 spiro atoms. The molecule has 2 atom stereocenters. The predicted molar refractivity (Wildman–Crippen MR) is 75.5 cm³/mol. The van der Waals surface area contributed by atoms with Crippen LogP contribution in [0.5, 0.6) is 0 Å². The maximum atomic E-state index is 6.05. The van der Waals surface area contributed by atoms with Gasteiger partial charge in [0.1, 0.15) is 6.61 Å². The molecule has 0 aromatic heterocycles. The molecule has 1 aliphatic rings. The first-order chi connectivity index (χ1) is 8.60. The van der Waals surface area contributed by atoms with Crippen LogP contribution in [-0.4, -0.2) is 18.7 Å². The second-order valence-electron chi connectivity index (χ2n) is 4.45. The van der Waals surface area contributed by atoms with Crippen molar-refractivity contribution in [3.63, 3.8) is 0 Å². The second-order valence-corrected chi connectivity index (χ2v) is 5.26. The van der Waals surface area contributed by atoms with Gasteiger partial charge in [-0.05, 0) is 36.5 Å². The lowest BCUT2D eigenvalue weighted by atomic mass is 9.90. The third-order valence-corrected chi connectivity index (χ3v) is 3.94. The van der Waals surface area contributed by atoms with Crippen molar-refractivity contribution in [3.05, 3.63) is 33.8 Å². The lowest BCUT2D eigenvalue weighted by molar-refractivity contribution is 0.301. The van der Waals surface area contributed by atoms with Gasteiger partial charge < -0.3 is 10.5 Å². The first-order valence-electron chi connectivity index (χ1n) is 6.01. The van der Waals surface area contributed by atoms with Gasteiger partial charge in [0.25, 0.3) is 6.02 Å². The lowest BCUT2D eigenvalue weighted by Gasteiger charge is -2.17. The molecule has 18 heavy (non-hydrogen) atoms. The number of hydrogen-bond donors (Lipinski definition) is 1. The highest BCUT2D eigenvalue weighted by atomic mass is 35.5. The minimum Gasteiger partial charge on any atom is -0.463 e. The summed E-state index contributed by atoms with van der Waals surface area (Å²) in [5.41, 5.74) is 6.70. The van der Waals surface area contributed by atoms with E-state index in [0.29, 0.717) is 28.6 Å². The molecular weight excluding hydrogens is 271 g/mol. The van der Waals surface area contributed by atoms with Crippen LogP contribution in [0.3, 0.4) is 0 Å². The molecule has 98 valence electrons. The summed E-state index contributed by atoms with van der Waals surface area (Å²) in [6.45, 7) is 2.72. The average molecular weight is 287 g/mol. The minimum atomic E-state index is 0.143. The Morgan fingerprint density at radius 1 is 1.44 bits per heavy atom. The molecular formula is C13H16Cl2N2O. The monoisotopic (exact) mass is 286 g/mol. The van der Waals surface area contributed by atoms with Crippen molar-refractivity contribution >= 4 is 29.2 Å². The Bertz CT molecular complexity index is 462. The van der Waals surface area contributed by atoms with E-state index in [4.69, 9.17) is 33.7 Å². The molecule has 0 saturated heterocycles. The van der Waals surface area contributed by atoms with Gasteiger partial charge in [-0.15, -0.1) is 0 Å². The van der Waals surface area contributed by atoms with Crippen molar-refractivity contribution in [2.24, 2.45) is 10.7 Å². The number of hydrogen-bond acceptors (Lipinski definition) is 3. The minimum absolute atomic E-state index is 0.143. The summed E-state index contributed by atoms with van der Waals surface area (Å²) in [5.74, 6) is 0.392. The van der Waals surface area contributed by atoms with Gasteiger partial charge >= 0.3 is 0 Å². The van der Waals surface area contributed by atoms with Gasteiger partial charge in [-0.1, -0.05) is 36.2 Å². The zero-order valence-electron chi connectivity index (χ0n) is 10.2. The molecule has 2 N–H and O–H groups in total. The van der Waals surface area contributed by atoms with Crippen molar-refractivity contribution in [1.82, 2.24) is 0 Å². The molecule has 2 unspecified atom stereocenters. The third kappa shape index (κ3) is 3.09. The lowest BCUT2D eigenvalue weighted by Crippen LogP contribution is -2.12. The maximum Gasteiger partial charge on any atom is 0.282 e. The van der Waals surface area contributed by atoms with Crippen molar-refractivity contribution in [1.29, 1.82) is 0 Å². The second kappa shape index (κ2) is 5.81. The zero-order chi connectivity index (χ0) is 13.1. The molecule has 0 aliphatic carbocycles. The molecule has 0 fully saturated rings. The van der Waals surface area contributed by atoms with Gasteiger partial charge in [0.2, 0.25) is 0 Å².